The van der Waals surface area contributed by atoms with Crippen molar-refractivity contribution in [3.8, 4) is 0 Å². The van der Waals surface area contributed by atoms with Crippen molar-refractivity contribution >= 4 is 17.8 Å². The molecule has 3 rings (SSSR count). The molecule has 0 bridgehead atoms. The lowest BCUT2D eigenvalue weighted by atomic mass is 9.88. The van der Waals surface area contributed by atoms with Crippen molar-refractivity contribution in [2.45, 2.75) is 336 Å². The fraction of sp³-hybridized carbons (Fsp3) is 0.891. The average Bonchev–Trinajstić information content (AvgIpc) is 2.44. The second kappa shape index (κ2) is 45.5. The van der Waals surface area contributed by atoms with Gasteiger partial charge in [-0.1, -0.05) is 186 Å². The SMILES string of the molecule is CCCCCCCCCC/C=C/C(O)C(COC1OC(CO)C(OC2OC(CO)C(O)C(OC3(C(=O)O)CC(O)C(NC(C)=O)C(C(O)C(O)CO)O3)C2O)C(O)C1O)NC(=O)CCCCCCCCC/C=C\CCCCCCCCCCCCCC. The summed E-state index contributed by atoms with van der Waals surface area (Å²) in [7, 11) is 0. The molecule has 23 nitrogen and oxygen atoms in total. The summed E-state index contributed by atoms with van der Waals surface area (Å²) in [5.41, 5.74) is 0. The van der Waals surface area contributed by atoms with Gasteiger partial charge in [-0.05, 0) is 44.9 Å². The highest BCUT2D eigenvalue weighted by Crippen LogP contribution is 2.38. The molecular weight excluding hydrogens is 1130 g/mol. The van der Waals surface area contributed by atoms with Gasteiger partial charge in [-0.3, -0.25) is 9.59 Å². The van der Waals surface area contributed by atoms with E-state index < -0.39 is 155 Å². The number of carbonyl (C=O) groups is 3. The Balaban J connectivity index is 1.57. The summed E-state index contributed by atoms with van der Waals surface area (Å²) in [5, 5.41) is 135. The van der Waals surface area contributed by atoms with E-state index in [1.54, 1.807) is 6.08 Å². The Morgan fingerprint density at radius 3 is 1.56 bits per heavy atom. The van der Waals surface area contributed by atoms with Gasteiger partial charge in [0, 0.05) is 19.8 Å². The number of nitrogens with one attached hydrogen (secondary N) is 2. The van der Waals surface area contributed by atoms with E-state index in [2.05, 4.69) is 36.6 Å². The fourth-order valence-electron chi connectivity index (χ4n) is 11.5. The first kappa shape index (κ1) is 78.5. The number of aliphatic hydroxyl groups is 11. The summed E-state index contributed by atoms with van der Waals surface area (Å²) in [5.74, 6) is -6.15. The number of aliphatic carboxylic acids is 1. The Kier molecular flexibility index (Phi) is 41.0. The van der Waals surface area contributed by atoms with E-state index in [9.17, 15) is 75.7 Å². The first-order chi connectivity index (χ1) is 41.9. The molecular formula is C64H116N2O21. The van der Waals surface area contributed by atoms with Gasteiger partial charge in [-0.25, -0.2) is 4.79 Å². The highest BCUT2D eigenvalue weighted by Gasteiger charge is 2.60. The topological polar surface area (TPSA) is 373 Å². The van der Waals surface area contributed by atoms with Crippen LogP contribution in [0.2, 0.25) is 0 Å². The van der Waals surface area contributed by atoms with Crippen LogP contribution in [-0.2, 0) is 42.8 Å². The summed E-state index contributed by atoms with van der Waals surface area (Å²) < 4.78 is 34.7. The minimum Gasteiger partial charge on any atom is -0.477 e. The lowest BCUT2D eigenvalue weighted by molar-refractivity contribution is -0.386. The van der Waals surface area contributed by atoms with E-state index in [0.717, 1.165) is 77.6 Å². The molecule has 3 saturated heterocycles. The highest BCUT2D eigenvalue weighted by molar-refractivity contribution is 5.77. The molecule has 3 aliphatic rings. The second-order valence-electron chi connectivity index (χ2n) is 24.3. The standard InChI is InChI=1S/C64H116N2O21/c1-4-6-8-10-12-14-16-17-18-19-20-21-22-23-24-25-26-27-28-30-32-34-36-38-51(74)66-45(46(71)37-35-33-31-29-15-13-11-9-7-5-2)43-82-61-56(78)55(77)58(50(42-69)84-61)85-62-57(79)60(54(76)49(41-68)83-62)87-64(63(80)81)39-47(72)52(65-44(3)70)59(86-64)53(75)48(73)40-67/h23-24,35,37,45-50,52-62,67-69,71-73,75-79H,4-22,25-34,36,38-43H2,1-3H3,(H,65,70)(H,66,74)(H,80,81)/b24-23-,37-35+. The molecule has 0 saturated carbocycles. The Morgan fingerprint density at radius 2 is 1.08 bits per heavy atom. The van der Waals surface area contributed by atoms with Crippen LogP contribution in [-0.4, -0.2) is 215 Å². The molecule has 23 heteroatoms. The van der Waals surface area contributed by atoms with Crippen LogP contribution in [0.15, 0.2) is 24.3 Å². The van der Waals surface area contributed by atoms with Gasteiger partial charge < -0.3 is 100 Å². The Hall–Kier alpha value is -2.79. The molecule has 0 aromatic rings. The number of ether oxygens (including phenoxy) is 6. The molecule has 0 spiro atoms. The molecule has 2 amide bonds. The number of unbranched alkanes of at least 4 members (excludes halogenated alkanes) is 27. The van der Waals surface area contributed by atoms with Crippen molar-refractivity contribution in [3.05, 3.63) is 24.3 Å². The number of aliphatic hydroxyl groups excluding tert-OH is 11. The molecule has 3 heterocycles. The lowest BCUT2D eigenvalue weighted by Gasteiger charge is -2.50. The smallest absolute Gasteiger partial charge is 0.364 e. The Morgan fingerprint density at radius 1 is 0.598 bits per heavy atom. The maximum Gasteiger partial charge on any atom is 0.364 e. The van der Waals surface area contributed by atoms with Gasteiger partial charge in [-0.15, -0.1) is 0 Å². The molecule has 18 unspecified atom stereocenters. The van der Waals surface area contributed by atoms with Crippen molar-refractivity contribution < 1.29 is 104 Å². The molecule has 3 aliphatic heterocycles. The number of allylic oxidation sites excluding steroid dienone is 3. The normalized spacial score (nSPS) is 29.3. The van der Waals surface area contributed by atoms with Gasteiger partial charge >= 0.3 is 5.97 Å². The molecule has 508 valence electrons. The number of carbonyl (C=O) groups excluding carboxylic acids is 2. The molecule has 0 aromatic heterocycles. The lowest BCUT2D eigenvalue weighted by Crippen LogP contribution is -2.70. The van der Waals surface area contributed by atoms with Crippen molar-refractivity contribution in [1.82, 2.24) is 10.6 Å². The maximum atomic E-state index is 13.4. The number of carboxylic acids is 1. The monoisotopic (exact) mass is 1250 g/mol. The van der Waals surface area contributed by atoms with Gasteiger partial charge in [0.1, 0.15) is 67.1 Å². The van der Waals surface area contributed by atoms with Gasteiger partial charge in [0.15, 0.2) is 12.6 Å². The summed E-state index contributed by atoms with van der Waals surface area (Å²) in [6.45, 7) is 2.09. The number of hydrogen-bond acceptors (Lipinski definition) is 20. The van der Waals surface area contributed by atoms with Crippen molar-refractivity contribution in [1.29, 1.82) is 0 Å². The molecule has 0 radical (unpaired) electrons. The van der Waals surface area contributed by atoms with E-state index in [-0.39, 0.29) is 12.3 Å². The zero-order valence-electron chi connectivity index (χ0n) is 52.6. The second-order valence-corrected chi connectivity index (χ2v) is 24.3. The van der Waals surface area contributed by atoms with E-state index in [4.69, 9.17) is 28.4 Å². The van der Waals surface area contributed by atoms with E-state index in [0.29, 0.717) is 12.8 Å². The molecule has 18 atom stereocenters. The molecule has 3 fully saturated rings. The van der Waals surface area contributed by atoms with Crippen molar-refractivity contribution in [3.63, 3.8) is 0 Å². The predicted molar refractivity (Wildman–Crippen MR) is 324 cm³/mol. The first-order valence-corrected chi connectivity index (χ1v) is 33.2. The van der Waals surface area contributed by atoms with Crippen LogP contribution in [0, 0.1) is 0 Å². The van der Waals surface area contributed by atoms with Gasteiger partial charge in [0.25, 0.3) is 5.79 Å². The molecule has 0 aromatic carbocycles. The number of rotatable bonds is 49. The quantitative estimate of drug-likeness (QED) is 0.0285. The van der Waals surface area contributed by atoms with Gasteiger partial charge in [-0.2, -0.15) is 0 Å². The number of hydrogen-bond donors (Lipinski definition) is 14. The van der Waals surface area contributed by atoms with Gasteiger partial charge in [0.2, 0.25) is 11.8 Å². The van der Waals surface area contributed by atoms with Crippen LogP contribution < -0.4 is 10.6 Å². The predicted octanol–water partition coefficient (Wildman–Crippen LogP) is 4.89. The maximum absolute atomic E-state index is 13.4. The molecule has 87 heavy (non-hydrogen) atoms. The fourth-order valence-corrected chi connectivity index (χ4v) is 11.5. The first-order valence-electron chi connectivity index (χ1n) is 33.2. The largest absolute Gasteiger partial charge is 0.477 e. The van der Waals surface area contributed by atoms with Crippen LogP contribution in [0.1, 0.15) is 226 Å². The zero-order valence-corrected chi connectivity index (χ0v) is 52.6. The number of amides is 2. The highest BCUT2D eigenvalue weighted by atomic mass is 16.8. The van der Waals surface area contributed by atoms with Gasteiger partial charge in [0.05, 0.1) is 50.7 Å². The molecule has 0 aliphatic carbocycles. The van der Waals surface area contributed by atoms with Crippen molar-refractivity contribution in [2.24, 2.45) is 0 Å². The minimum atomic E-state index is -3.08. The minimum absolute atomic E-state index is 0.195. The number of carboxylic acid groups (broad SMARTS) is 1. The van der Waals surface area contributed by atoms with Crippen LogP contribution in [0.3, 0.4) is 0 Å². The Bertz CT molecular complexity index is 1870. The zero-order chi connectivity index (χ0) is 64.0. The summed E-state index contributed by atoms with van der Waals surface area (Å²) >= 11 is 0. The third-order valence-corrected chi connectivity index (χ3v) is 16.9. The van der Waals surface area contributed by atoms with Crippen LogP contribution >= 0.6 is 0 Å². The van der Waals surface area contributed by atoms with Crippen LogP contribution in [0.4, 0.5) is 0 Å². The van der Waals surface area contributed by atoms with E-state index >= 15 is 0 Å². The Labute approximate surface area is 517 Å². The van der Waals surface area contributed by atoms with E-state index in [1.165, 1.54) is 109 Å². The van der Waals surface area contributed by atoms with Crippen molar-refractivity contribution in [2.75, 3.05) is 26.4 Å². The average molecular weight is 1250 g/mol. The molecule has 14 N–H and O–H groups in total. The van der Waals surface area contributed by atoms with Crippen LogP contribution in [0.5, 0.6) is 0 Å². The summed E-state index contributed by atoms with van der Waals surface area (Å²) in [6.07, 6.45) is 14.0. The van der Waals surface area contributed by atoms with Crippen LogP contribution in [0.25, 0.3) is 0 Å². The summed E-state index contributed by atoms with van der Waals surface area (Å²) in [4.78, 5) is 38.4. The summed E-state index contributed by atoms with van der Waals surface area (Å²) in [6, 6.07) is -2.62. The third-order valence-electron chi connectivity index (χ3n) is 16.9. The van der Waals surface area contributed by atoms with E-state index in [1.807, 2.05) is 6.08 Å². The third kappa shape index (κ3) is 28.7.